The standard InChI is InChI=1S/C32H42O7/c1-16(2)22-25(35)20(17(3)33)27(37)32(39)28(38)23-26(36)21-19(14-30(23,7)15-31(22,32)8)12-11-18(24(21)34)10-9-13-29(4,5)6/h11-12,16,20,22-23,34,39H,9-10,13-15H2,1-8H3/t20?,22?,23?,30-,31-,32+/m1/s1. The first-order valence-corrected chi connectivity index (χ1v) is 14.0. The van der Waals surface area contributed by atoms with Gasteiger partial charge in [-0.25, -0.2) is 0 Å². The molecule has 0 radical (unpaired) electrons. The molecule has 6 atom stereocenters. The van der Waals surface area contributed by atoms with Gasteiger partial charge in [0.25, 0.3) is 0 Å². The van der Waals surface area contributed by atoms with Crippen LogP contribution in [0, 0.1) is 39.9 Å². The van der Waals surface area contributed by atoms with Crippen LogP contribution >= 0.6 is 0 Å². The number of Topliss-reactive ketones (excluding diaryl/α,β-unsaturated/α-hetero) is 5. The van der Waals surface area contributed by atoms with Crippen molar-refractivity contribution in [3.63, 3.8) is 0 Å². The van der Waals surface area contributed by atoms with Crippen molar-refractivity contribution in [3.8, 4) is 5.75 Å². The van der Waals surface area contributed by atoms with Gasteiger partial charge in [-0.15, -0.1) is 0 Å². The highest BCUT2D eigenvalue weighted by molar-refractivity contribution is 6.32. The van der Waals surface area contributed by atoms with Gasteiger partial charge in [0, 0.05) is 11.3 Å². The third kappa shape index (κ3) is 4.14. The molecule has 4 rings (SSSR count). The normalized spacial score (nSPS) is 34.6. The number of hydrogen-bond acceptors (Lipinski definition) is 7. The molecule has 2 N–H and O–H groups in total. The van der Waals surface area contributed by atoms with Crippen LogP contribution in [0.15, 0.2) is 12.1 Å². The number of rotatable bonds is 5. The van der Waals surface area contributed by atoms with E-state index in [4.69, 9.17) is 0 Å². The first-order valence-electron chi connectivity index (χ1n) is 14.0. The number of ketones is 5. The van der Waals surface area contributed by atoms with E-state index in [9.17, 15) is 34.2 Å². The molecule has 3 aliphatic rings. The Labute approximate surface area is 230 Å². The molecule has 7 heteroatoms. The van der Waals surface area contributed by atoms with Gasteiger partial charge in [0.15, 0.2) is 28.7 Å². The molecule has 1 aromatic carbocycles. The smallest absolute Gasteiger partial charge is 0.190 e. The van der Waals surface area contributed by atoms with E-state index in [1.54, 1.807) is 27.7 Å². The molecule has 3 aliphatic carbocycles. The van der Waals surface area contributed by atoms with Crippen LogP contribution in [-0.2, 0) is 32.0 Å². The minimum absolute atomic E-state index is 0.0666. The van der Waals surface area contributed by atoms with Crippen molar-refractivity contribution >= 4 is 28.9 Å². The van der Waals surface area contributed by atoms with Crippen molar-refractivity contribution < 1.29 is 34.2 Å². The van der Waals surface area contributed by atoms with Gasteiger partial charge >= 0.3 is 0 Å². The molecule has 0 amide bonds. The highest BCUT2D eigenvalue weighted by Crippen LogP contribution is 2.63. The maximum absolute atomic E-state index is 14.3. The zero-order chi connectivity index (χ0) is 29.5. The monoisotopic (exact) mass is 538 g/mol. The minimum atomic E-state index is -2.66. The van der Waals surface area contributed by atoms with Crippen molar-refractivity contribution in [2.45, 2.75) is 93.1 Å². The van der Waals surface area contributed by atoms with Gasteiger partial charge in [-0.2, -0.15) is 0 Å². The highest BCUT2D eigenvalue weighted by Gasteiger charge is 2.76. The molecule has 0 saturated heterocycles. The first-order chi connectivity index (χ1) is 17.8. The lowest BCUT2D eigenvalue weighted by molar-refractivity contribution is -0.205. The van der Waals surface area contributed by atoms with E-state index in [2.05, 4.69) is 20.8 Å². The van der Waals surface area contributed by atoms with Crippen LogP contribution in [-0.4, -0.2) is 44.7 Å². The van der Waals surface area contributed by atoms with E-state index in [1.807, 2.05) is 12.1 Å². The summed E-state index contributed by atoms with van der Waals surface area (Å²) in [6.07, 6.45) is 2.65. The summed E-state index contributed by atoms with van der Waals surface area (Å²) in [5, 5.41) is 23.3. The fourth-order valence-corrected chi connectivity index (χ4v) is 8.18. The Morgan fingerprint density at radius 2 is 1.69 bits per heavy atom. The highest BCUT2D eigenvalue weighted by atomic mass is 16.3. The molecule has 7 nitrogen and oxygen atoms in total. The second kappa shape index (κ2) is 9.18. The SMILES string of the molecule is CC(=O)C1C(=O)C(C(C)C)[C@@]2(C)C[C@@]3(C)Cc4ccc(CCCC(C)(C)C)c(O)c4C(=O)C3C(=O)[C@@]2(O)C1=O. The number of carbonyl (C=O) groups excluding carboxylic acids is 5. The van der Waals surface area contributed by atoms with Gasteiger partial charge in [0.05, 0.1) is 11.5 Å². The molecule has 1 aromatic rings. The summed E-state index contributed by atoms with van der Waals surface area (Å²) in [7, 11) is 0. The summed E-state index contributed by atoms with van der Waals surface area (Å²) in [6, 6.07) is 3.66. The van der Waals surface area contributed by atoms with Gasteiger partial charge in [-0.3, -0.25) is 24.0 Å². The Bertz CT molecular complexity index is 1280. The summed E-state index contributed by atoms with van der Waals surface area (Å²) >= 11 is 0. The molecule has 2 fully saturated rings. The van der Waals surface area contributed by atoms with Crippen molar-refractivity contribution in [2.75, 3.05) is 0 Å². The topological polar surface area (TPSA) is 126 Å². The molecular formula is C32H42O7. The number of phenols is 1. The Hall–Kier alpha value is -2.67. The van der Waals surface area contributed by atoms with Crippen LogP contribution in [0.25, 0.3) is 0 Å². The lowest BCUT2D eigenvalue weighted by Gasteiger charge is -2.61. The Balaban J connectivity index is 1.83. The van der Waals surface area contributed by atoms with Gasteiger partial charge in [0.1, 0.15) is 17.5 Å². The summed E-state index contributed by atoms with van der Waals surface area (Å²) in [5.41, 5.74) is -3.70. The zero-order valence-corrected chi connectivity index (χ0v) is 24.4. The maximum atomic E-state index is 14.3. The number of aryl methyl sites for hydroxylation is 1. The second-order valence-electron chi connectivity index (χ2n) is 14.4. The fraction of sp³-hybridized carbons (Fsp3) is 0.656. The van der Waals surface area contributed by atoms with Crippen LogP contribution in [0.3, 0.4) is 0 Å². The van der Waals surface area contributed by atoms with E-state index in [-0.39, 0.29) is 35.5 Å². The number of hydrogen-bond donors (Lipinski definition) is 2. The average molecular weight is 539 g/mol. The van der Waals surface area contributed by atoms with Gasteiger partial charge < -0.3 is 10.2 Å². The third-order valence-electron chi connectivity index (χ3n) is 9.71. The minimum Gasteiger partial charge on any atom is -0.507 e. The molecule has 0 bridgehead atoms. The van der Waals surface area contributed by atoms with E-state index in [0.717, 1.165) is 19.8 Å². The van der Waals surface area contributed by atoms with Crippen LogP contribution in [0.4, 0.5) is 0 Å². The van der Waals surface area contributed by atoms with E-state index in [1.165, 1.54) is 0 Å². The quantitative estimate of drug-likeness (QED) is 0.530. The first kappa shape index (κ1) is 29.3. The van der Waals surface area contributed by atoms with Crippen LogP contribution in [0.1, 0.15) is 96.1 Å². The molecule has 212 valence electrons. The molecule has 3 unspecified atom stereocenters. The lowest BCUT2D eigenvalue weighted by atomic mass is 9.40. The van der Waals surface area contributed by atoms with Crippen molar-refractivity contribution in [1.29, 1.82) is 0 Å². The Kier molecular flexibility index (Phi) is 6.90. The van der Waals surface area contributed by atoms with Crippen molar-refractivity contribution in [1.82, 2.24) is 0 Å². The predicted octanol–water partition coefficient (Wildman–Crippen LogP) is 4.46. The fourth-order valence-electron chi connectivity index (χ4n) is 8.18. The van der Waals surface area contributed by atoms with Crippen LogP contribution < -0.4 is 0 Å². The Morgan fingerprint density at radius 1 is 1.08 bits per heavy atom. The average Bonchev–Trinajstić information content (AvgIpc) is 2.76. The summed E-state index contributed by atoms with van der Waals surface area (Å²) in [6.45, 7) is 14.5. The third-order valence-corrected chi connectivity index (χ3v) is 9.71. The number of phenolic OH excluding ortho intramolecular Hbond substituents is 1. The zero-order valence-electron chi connectivity index (χ0n) is 24.4. The number of aromatic hydroxyl groups is 1. The lowest BCUT2D eigenvalue weighted by Crippen LogP contribution is -2.76. The molecular weight excluding hydrogens is 496 g/mol. The maximum Gasteiger partial charge on any atom is 0.190 e. The van der Waals surface area contributed by atoms with E-state index in [0.29, 0.717) is 17.5 Å². The van der Waals surface area contributed by atoms with Gasteiger partial charge in [0.2, 0.25) is 0 Å². The van der Waals surface area contributed by atoms with Crippen molar-refractivity contribution in [3.05, 3.63) is 28.8 Å². The molecule has 0 spiro atoms. The largest absolute Gasteiger partial charge is 0.507 e. The predicted molar refractivity (Wildman–Crippen MR) is 145 cm³/mol. The van der Waals surface area contributed by atoms with E-state index >= 15 is 0 Å². The summed E-state index contributed by atoms with van der Waals surface area (Å²) in [5.74, 6) is -8.52. The number of carbonyl (C=O) groups is 5. The van der Waals surface area contributed by atoms with Crippen LogP contribution in [0.5, 0.6) is 5.75 Å². The Morgan fingerprint density at radius 3 is 2.23 bits per heavy atom. The molecule has 0 aromatic heterocycles. The number of benzene rings is 1. The molecule has 39 heavy (non-hydrogen) atoms. The molecule has 0 aliphatic heterocycles. The molecule has 2 saturated carbocycles. The van der Waals surface area contributed by atoms with Crippen LogP contribution in [0.2, 0.25) is 0 Å². The summed E-state index contributed by atoms with van der Waals surface area (Å²) < 4.78 is 0. The summed E-state index contributed by atoms with van der Waals surface area (Å²) in [4.78, 5) is 68.0. The number of fused-ring (bicyclic) bond motifs is 3. The van der Waals surface area contributed by atoms with Gasteiger partial charge in [-0.05, 0) is 66.9 Å². The van der Waals surface area contributed by atoms with E-state index < -0.39 is 63.1 Å². The number of aliphatic hydroxyl groups is 1. The van der Waals surface area contributed by atoms with Gasteiger partial charge in [-0.1, -0.05) is 60.6 Å². The molecule has 0 heterocycles. The second-order valence-corrected chi connectivity index (χ2v) is 14.4. The van der Waals surface area contributed by atoms with Crippen molar-refractivity contribution in [2.24, 2.45) is 39.9 Å².